The zero-order valence-electron chi connectivity index (χ0n) is 11.3. The van der Waals surface area contributed by atoms with Crippen LogP contribution in [0.5, 0.6) is 5.75 Å². The van der Waals surface area contributed by atoms with Crippen LogP contribution in [0.15, 0.2) is 36.4 Å². The molecule has 0 aliphatic rings. The van der Waals surface area contributed by atoms with Crippen LogP contribution in [0.25, 0.3) is 10.8 Å². The predicted molar refractivity (Wildman–Crippen MR) is 76.9 cm³/mol. The minimum atomic E-state index is 0.0195. The van der Waals surface area contributed by atoms with E-state index in [1.54, 1.807) is 7.11 Å². The molecule has 2 aromatic rings. The Morgan fingerprint density at radius 2 is 1.83 bits per heavy atom. The van der Waals surface area contributed by atoms with Crippen LogP contribution < -0.4 is 10.5 Å². The highest BCUT2D eigenvalue weighted by atomic mass is 16.5. The number of rotatable bonds is 4. The van der Waals surface area contributed by atoms with Crippen LogP contribution in [0, 0.1) is 5.92 Å². The monoisotopic (exact) mass is 243 g/mol. The van der Waals surface area contributed by atoms with Crippen molar-refractivity contribution in [3.05, 3.63) is 42.0 Å². The molecule has 0 aliphatic carbocycles. The van der Waals surface area contributed by atoms with Gasteiger partial charge in [-0.1, -0.05) is 44.2 Å². The lowest BCUT2D eigenvalue weighted by Gasteiger charge is -2.19. The van der Waals surface area contributed by atoms with E-state index < -0.39 is 0 Å². The minimum absolute atomic E-state index is 0.0195. The number of methoxy groups -OCH3 is 1. The van der Waals surface area contributed by atoms with Crippen molar-refractivity contribution in [1.82, 2.24) is 0 Å². The molecular weight excluding hydrogens is 222 g/mol. The van der Waals surface area contributed by atoms with Crippen LogP contribution in [0.1, 0.15) is 31.9 Å². The molecule has 0 radical (unpaired) electrons. The molecule has 2 nitrogen and oxygen atoms in total. The molecule has 96 valence electrons. The topological polar surface area (TPSA) is 35.2 Å². The molecule has 18 heavy (non-hydrogen) atoms. The molecule has 0 aliphatic heterocycles. The van der Waals surface area contributed by atoms with Crippen molar-refractivity contribution >= 4 is 10.8 Å². The smallest absolute Gasteiger partial charge is 0.124 e. The van der Waals surface area contributed by atoms with Gasteiger partial charge in [0.25, 0.3) is 0 Å². The second-order valence-corrected chi connectivity index (χ2v) is 5.14. The Balaban J connectivity index is 2.57. The van der Waals surface area contributed by atoms with Crippen molar-refractivity contribution in [3.8, 4) is 5.75 Å². The maximum Gasteiger partial charge on any atom is 0.124 e. The first-order valence-corrected chi connectivity index (χ1v) is 6.44. The van der Waals surface area contributed by atoms with Crippen molar-refractivity contribution in [2.24, 2.45) is 11.7 Å². The highest BCUT2D eigenvalue weighted by molar-refractivity contribution is 5.88. The van der Waals surface area contributed by atoms with Gasteiger partial charge in [0.05, 0.1) is 7.11 Å². The molecule has 0 heterocycles. The second-order valence-electron chi connectivity index (χ2n) is 5.14. The summed E-state index contributed by atoms with van der Waals surface area (Å²) in [5.41, 5.74) is 7.49. The van der Waals surface area contributed by atoms with E-state index in [0.29, 0.717) is 5.92 Å². The summed E-state index contributed by atoms with van der Waals surface area (Å²) in [5.74, 6) is 1.46. The molecule has 1 atom stereocenters. The Bertz CT molecular complexity index is 534. The van der Waals surface area contributed by atoms with Gasteiger partial charge in [0, 0.05) is 11.6 Å². The molecule has 0 bridgehead atoms. The summed E-state index contributed by atoms with van der Waals surface area (Å²) in [4.78, 5) is 0. The third kappa shape index (κ3) is 2.49. The molecule has 2 rings (SSSR count). The molecule has 0 amide bonds. The van der Waals surface area contributed by atoms with E-state index in [-0.39, 0.29) is 6.04 Å². The van der Waals surface area contributed by atoms with Crippen molar-refractivity contribution in [1.29, 1.82) is 0 Å². The molecule has 2 aromatic carbocycles. The van der Waals surface area contributed by atoms with Crippen LogP contribution in [0.4, 0.5) is 0 Å². The zero-order valence-corrected chi connectivity index (χ0v) is 11.3. The van der Waals surface area contributed by atoms with Gasteiger partial charge in [-0.2, -0.15) is 0 Å². The van der Waals surface area contributed by atoms with Gasteiger partial charge < -0.3 is 10.5 Å². The molecule has 0 unspecified atom stereocenters. The highest BCUT2D eigenvalue weighted by Gasteiger charge is 2.16. The molecule has 0 saturated heterocycles. The number of fused-ring (bicyclic) bond motifs is 1. The van der Waals surface area contributed by atoms with E-state index in [9.17, 15) is 0 Å². The van der Waals surface area contributed by atoms with Crippen LogP contribution in [0.3, 0.4) is 0 Å². The summed E-state index contributed by atoms with van der Waals surface area (Å²) in [6.45, 7) is 4.38. The predicted octanol–water partition coefficient (Wildman–Crippen LogP) is 3.89. The first-order valence-electron chi connectivity index (χ1n) is 6.44. The van der Waals surface area contributed by atoms with E-state index in [1.807, 2.05) is 18.2 Å². The van der Waals surface area contributed by atoms with Crippen LogP contribution in [-0.2, 0) is 0 Å². The molecule has 2 heteroatoms. The molecule has 0 aromatic heterocycles. The van der Waals surface area contributed by atoms with Crippen molar-refractivity contribution in [2.75, 3.05) is 7.11 Å². The Morgan fingerprint density at radius 3 is 2.50 bits per heavy atom. The van der Waals surface area contributed by atoms with Crippen LogP contribution >= 0.6 is 0 Å². The van der Waals surface area contributed by atoms with Crippen molar-refractivity contribution in [2.45, 2.75) is 26.3 Å². The lowest BCUT2D eigenvalue weighted by molar-refractivity contribution is 0.401. The second kappa shape index (κ2) is 5.40. The minimum Gasteiger partial charge on any atom is -0.496 e. The van der Waals surface area contributed by atoms with Gasteiger partial charge in [-0.3, -0.25) is 0 Å². The van der Waals surface area contributed by atoms with Gasteiger partial charge in [0.15, 0.2) is 0 Å². The van der Waals surface area contributed by atoms with Crippen molar-refractivity contribution < 1.29 is 4.74 Å². The Morgan fingerprint density at radius 1 is 1.11 bits per heavy atom. The number of nitrogens with two attached hydrogens (primary N) is 1. The average Bonchev–Trinajstić information content (AvgIpc) is 2.36. The third-order valence-corrected chi connectivity index (χ3v) is 3.25. The third-order valence-electron chi connectivity index (χ3n) is 3.25. The average molecular weight is 243 g/mol. The van der Waals surface area contributed by atoms with E-state index in [0.717, 1.165) is 17.7 Å². The fourth-order valence-electron chi connectivity index (χ4n) is 2.46. The standard InChI is InChI=1S/C16H21NO/c1-11(2)10-14(17)16-13-7-5-4-6-12(13)8-9-15(16)18-3/h4-9,11,14H,10,17H2,1-3H3/t14-/m0/s1. The summed E-state index contributed by atoms with van der Waals surface area (Å²) >= 11 is 0. The number of ether oxygens (including phenoxy) is 1. The molecule has 2 N–H and O–H groups in total. The summed E-state index contributed by atoms with van der Waals surface area (Å²) in [6, 6.07) is 12.4. The molecule has 0 spiro atoms. The molecule has 0 saturated carbocycles. The van der Waals surface area contributed by atoms with Gasteiger partial charge in [-0.05, 0) is 29.2 Å². The van der Waals surface area contributed by atoms with Crippen LogP contribution in [-0.4, -0.2) is 7.11 Å². The summed E-state index contributed by atoms with van der Waals surface area (Å²) in [7, 11) is 1.70. The number of benzene rings is 2. The number of hydrogen-bond acceptors (Lipinski definition) is 2. The van der Waals surface area contributed by atoms with Gasteiger partial charge in [-0.15, -0.1) is 0 Å². The fourth-order valence-corrected chi connectivity index (χ4v) is 2.46. The van der Waals surface area contributed by atoms with Crippen LogP contribution in [0.2, 0.25) is 0 Å². The highest BCUT2D eigenvalue weighted by Crippen LogP contribution is 2.34. The van der Waals surface area contributed by atoms with E-state index >= 15 is 0 Å². The largest absolute Gasteiger partial charge is 0.496 e. The summed E-state index contributed by atoms with van der Waals surface area (Å²) in [6.07, 6.45) is 0.963. The first-order chi connectivity index (χ1) is 8.63. The quantitative estimate of drug-likeness (QED) is 0.884. The SMILES string of the molecule is COc1ccc2ccccc2c1[C@@H](N)CC(C)C. The van der Waals surface area contributed by atoms with Gasteiger partial charge in [-0.25, -0.2) is 0 Å². The maximum atomic E-state index is 6.36. The zero-order chi connectivity index (χ0) is 13.1. The van der Waals surface area contributed by atoms with E-state index in [1.165, 1.54) is 10.8 Å². The van der Waals surface area contributed by atoms with Gasteiger partial charge >= 0.3 is 0 Å². The summed E-state index contributed by atoms with van der Waals surface area (Å²) < 4.78 is 5.48. The number of hydrogen-bond donors (Lipinski definition) is 1. The lowest BCUT2D eigenvalue weighted by atomic mass is 9.92. The van der Waals surface area contributed by atoms with E-state index in [2.05, 4.69) is 32.0 Å². The van der Waals surface area contributed by atoms with Crippen molar-refractivity contribution in [3.63, 3.8) is 0 Å². The first kappa shape index (κ1) is 12.9. The fraction of sp³-hybridized carbons (Fsp3) is 0.375. The van der Waals surface area contributed by atoms with E-state index in [4.69, 9.17) is 10.5 Å². The lowest BCUT2D eigenvalue weighted by Crippen LogP contribution is -2.14. The molecule has 0 fully saturated rings. The Labute approximate surface area is 109 Å². The van der Waals surface area contributed by atoms with Gasteiger partial charge in [0.1, 0.15) is 5.75 Å². The normalized spacial score (nSPS) is 12.9. The Hall–Kier alpha value is -1.54. The maximum absolute atomic E-state index is 6.36. The summed E-state index contributed by atoms with van der Waals surface area (Å²) in [5, 5.41) is 2.41. The molecular formula is C16H21NO. The van der Waals surface area contributed by atoms with Gasteiger partial charge in [0.2, 0.25) is 0 Å². The Kier molecular flexibility index (Phi) is 3.87.